The molecule has 1 fully saturated rings. The number of rotatable bonds is 2. The van der Waals surface area contributed by atoms with Crippen LogP contribution in [0.1, 0.15) is 18.4 Å². The van der Waals surface area contributed by atoms with Gasteiger partial charge in [-0.2, -0.15) is 0 Å². The molecule has 0 aromatic heterocycles. The third kappa shape index (κ3) is 3.82. The summed E-state index contributed by atoms with van der Waals surface area (Å²) in [5.74, 6) is 0. The first-order valence-electron chi connectivity index (χ1n) is 5.36. The lowest BCUT2D eigenvalue weighted by atomic mass is 10.1. The molecule has 2 rings (SSSR count). The molecule has 84 valence electrons. The molecule has 0 radical (unpaired) electrons. The number of hydrogen-bond acceptors (Lipinski definition) is 2. The van der Waals surface area contributed by atoms with Crippen molar-refractivity contribution in [3.8, 4) is 0 Å². The second-order valence-corrected chi connectivity index (χ2v) is 4.12. The van der Waals surface area contributed by atoms with E-state index in [9.17, 15) is 0 Å². The summed E-state index contributed by atoms with van der Waals surface area (Å²) in [6, 6.07) is 11.0. The number of likely N-dealkylation sites (tertiary alicyclic amines) is 1. The van der Waals surface area contributed by atoms with Crippen LogP contribution in [-0.2, 0) is 6.54 Å². The number of piperidine rings is 1. The second kappa shape index (κ2) is 6.11. The average molecular weight is 227 g/mol. The monoisotopic (exact) mass is 226 g/mol. The van der Waals surface area contributed by atoms with Gasteiger partial charge < -0.3 is 5.73 Å². The van der Waals surface area contributed by atoms with Crippen LogP contribution >= 0.6 is 12.4 Å². The average Bonchev–Trinajstić information content (AvgIpc) is 2.19. The lowest BCUT2D eigenvalue weighted by Crippen LogP contribution is -2.42. The predicted molar refractivity (Wildman–Crippen MR) is 66.2 cm³/mol. The Hall–Kier alpha value is -0.570. The van der Waals surface area contributed by atoms with Gasteiger partial charge in [-0.1, -0.05) is 30.3 Å². The number of benzene rings is 1. The molecule has 0 amide bonds. The normalized spacial score (nSPS) is 22.1. The molecule has 1 aliphatic rings. The van der Waals surface area contributed by atoms with Crippen LogP contribution in [0.15, 0.2) is 30.3 Å². The Bertz CT molecular complexity index is 276. The number of nitrogens with zero attached hydrogens (tertiary/aromatic N) is 1. The lowest BCUT2D eigenvalue weighted by molar-refractivity contribution is 0.201. The van der Waals surface area contributed by atoms with E-state index in [1.54, 1.807) is 0 Å². The molecule has 1 saturated heterocycles. The third-order valence-electron chi connectivity index (χ3n) is 2.79. The van der Waals surface area contributed by atoms with E-state index >= 15 is 0 Å². The van der Waals surface area contributed by atoms with Crippen LogP contribution in [0.3, 0.4) is 0 Å². The van der Waals surface area contributed by atoms with Crippen LogP contribution < -0.4 is 5.73 Å². The van der Waals surface area contributed by atoms with Gasteiger partial charge in [0, 0.05) is 19.1 Å². The highest BCUT2D eigenvalue weighted by molar-refractivity contribution is 5.85. The van der Waals surface area contributed by atoms with E-state index in [4.69, 9.17) is 5.73 Å². The summed E-state index contributed by atoms with van der Waals surface area (Å²) in [6.07, 6.45) is 2.43. The number of halogens is 1. The van der Waals surface area contributed by atoms with Crippen LogP contribution in [0, 0.1) is 0 Å². The van der Waals surface area contributed by atoms with Gasteiger partial charge in [0.25, 0.3) is 0 Å². The lowest BCUT2D eigenvalue weighted by Gasteiger charge is -2.30. The van der Waals surface area contributed by atoms with E-state index in [1.807, 2.05) is 0 Å². The van der Waals surface area contributed by atoms with Gasteiger partial charge in [0.05, 0.1) is 0 Å². The summed E-state index contributed by atoms with van der Waals surface area (Å²) in [6.45, 7) is 3.30. The first kappa shape index (κ1) is 12.5. The molecular formula is C12H19ClN2. The molecule has 1 aromatic rings. The van der Waals surface area contributed by atoms with Crippen molar-refractivity contribution in [1.29, 1.82) is 0 Å². The molecule has 2 N–H and O–H groups in total. The van der Waals surface area contributed by atoms with Gasteiger partial charge in [-0.15, -0.1) is 12.4 Å². The molecule has 0 unspecified atom stereocenters. The zero-order valence-electron chi connectivity index (χ0n) is 8.93. The smallest absolute Gasteiger partial charge is 0.0234 e. The summed E-state index contributed by atoms with van der Waals surface area (Å²) >= 11 is 0. The van der Waals surface area contributed by atoms with Crippen molar-refractivity contribution in [2.24, 2.45) is 5.73 Å². The third-order valence-corrected chi connectivity index (χ3v) is 2.79. The zero-order chi connectivity index (χ0) is 9.80. The topological polar surface area (TPSA) is 29.3 Å². The molecule has 1 aliphatic heterocycles. The maximum Gasteiger partial charge on any atom is 0.0234 e. The molecule has 3 heteroatoms. The fourth-order valence-electron chi connectivity index (χ4n) is 2.08. The minimum absolute atomic E-state index is 0. The summed E-state index contributed by atoms with van der Waals surface area (Å²) < 4.78 is 0. The molecular weight excluding hydrogens is 208 g/mol. The van der Waals surface area contributed by atoms with Crippen molar-refractivity contribution >= 4 is 12.4 Å². The highest BCUT2D eigenvalue weighted by atomic mass is 35.5. The Labute approximate surface area is 97.9 Å². The SMILES string of the molecule is Cl.N[C@@H]1CCCN(Cc2ccccc2)C1. The minimum Gasteiger partial charge on any atom is -0.327 e. The molecule has 15 heavy (non-hydrogen) atoms. The Kier molecular flexibility index (Phi) is 5.09. The van der Waals surface area contributed by atoms with Crippen LogP contribution in [-0.4, -0.2) is 24.0 Å². The molecule has 0 aliphatic carbocycles. The first-order valence-corrected chi connectivity index (χ1v) is 5.36. The second-order valence-electron chi connectivity index (χ2n) is 4.12. The van der Waals surface area contributed by atoms with E-state index in [-0.39, 0.29) is 12.4 Å². The van der Waals surface area contributed by atoms with Crippen molar-refractivity contribution in [3.05, 3.63) is 35.9 Å². The highest BCUT2D eigenvalue weighted by Gasteiger charge is 2.15. The summed E-state index contributed by atoms with van der Waals surface area (Å²) in [5, 5.41) is 0. The fourth-order valence-corrected chi connectivity index (χ4v) is 2.08. The Balaban J connectivity index is 0.00000112. The molecule has 0 spiro atoms. The van der Waals surface area contributed by atoms with Gasteiger partial charge in [-0.25, -0.2) is 0 Å². The van der Waals surface area contributed by atoms with E-state index in [0.717, 1.165) is 13.1 Å². The van der Waals surface area contributed by atoms with Gasteiger partial charge in [0.1, 0.15) is 0 Å². The molecule has 0 saturated carbocycles. The van der Waals surface area contributed by atoms with Crippen LogP contribution in [0.4, 0.5) is 0 Å². The Morgan fingerprint density at radius 3 is 2.67 bits per heavy atom. The summed E-state index contributed by atoms with van der Waals surface area (Å²) in [4.78, 5) is 2.45. The van der Waals surface area contributed by atoms with Gasteiger partial charge in [0.15, 0.2) is 0 Å². The molecule has 1 heterocycles. The highest BCUT2D eigenvalue weighted by Crippen LogP contribution is 2.11. The quantitative estimate of drug-likeness (QED) is 0.836. The van der Waals surface area contributed by atoms with Crippen molar-refractivity contribution in [2.45, 2.75) is 25.4 Å². The van der Waals surface area contributed by atoms with Crippen molar-refractivity contribution in [2.75, 3.05) is 13.1 Å². The van der Waals surface area contributed by atoms with Gasteiger partial charge in [0.2, 0.25) is 0 Å². The van der Waals surface area contributed by atoms with Crippen molar-refractivity contribution in [3.63, 3.8) is 0 Å². The molecule has 0 bridgehead atoms. The van der Waals surface area contributed by atoms with Gasteiger partial charge in [-0.3, -0.25) is 4.90 Å². The van der Waals surface area contributed by atoms with E-state index in [2.05, 4.69) is 35.2 Å². The first-order chi connectivity index (χ1) is 6.84. The number of hydrogen-bond donors (Lipinski definition) is 1. The van der Waals surface area contributed by atoms with Crippen molar-refractivity contribution in [1.82, 2.24) is 4.90 Å². The predicted octanol–water partition coefficient (Wildman–Crippen LogP) is 2.03. The maximum absolute atomic E-state index is 5.94. The van der Waals surface area contributed by atoms with Crippen molar-refractivity contribution < 1.29 is 0 Å². The largest absolute Gasteiger partial charge is 0.327 e. The van der Waals surface area contributed by atoms with Crippen LogP contribution in [0.25, 0.3) is 0 Å². The fraction of sp³-hybridized carbons (Fsp3) is 0.500. The summed E-state index contributed by atoms with van der Waals surface area (Å²) in [7, 11) is 0. The van der Waals surface area contributed by atoms with E-state index in [1.165, 1.54) is 24.9 Å². The van der Waals surface area contributed by atoms with Gasteiger partial charge >= 0.3 is 0 Å². The zero-order valence-corrected chi connectivity index (χ0v) is 9.75. The van der Waals surface area contributed by atoms with Crippen LogP contribution in [0.2, 0.25) is 0 Å². The Morgan fingerprint density at radius 1 is 1.27 bits per heavy atom. The standard InChI is InChI=1S/C12H18N2.ClH/c13-12-7-4-8-14(10-12)9-11-5-2-1-3-6-11;/h1-3,5-6,12H,4,7-10,13H2;1H/t12-;/m1./s1. The molecule has 2 nitrogen and oxygen atoms in total. The molecule has 1 atom stereocenters. The Morgan fingerprint density at radius 2 is 2.00 bits per heavy atom. The summed E-state index contributed by atoms with van der Waals surface area (Å²) in [5.41, 5.74) is 7.33. The van der Waals surface area contributed by atoms with E-state index < -0.39 is 0 Å². The number of nitrogens with two attached hydrogens (primary N) is 1. The van der Waals surface area contributed by atoms with Crippen LogP contribution in [0.5, 0.6) is 0 Å². The molecule has 1 aromatic carbocycles. The maximum atomic E-state index is 5.94. The van der Waals surface area contributed by atoms with Gasteiger partial charge in [-0.05, 0) is 24.9 Å². The van der Waals surface area contributed by atoms with E-state index in [0.29, 0.717) is 6.04 Å². The minimum atomic E-state index is 0.